The summed E-state index contributed by atoms with van der Waals surface area (Å²) in [5.74, 6) is -0.912. The van der Waals surface area contributed by atoms with E-state index in [1.54, 1.807) is 6.08 Å². The van der Waals surface area contributed by atoms with Crippen molar-refractivity contribution < 1.29 is 9.90 Å². The summed E-state index contributed by atoms with van der Waals surface area (Å²) in [6.45, 7) is 4.03. The maximum absolute atomic E-state index is 10.7. The quantitative estimate of drug-likeness (QED) is 0.855. The lowest BCUT2D eigenvalue weighted by Crippen LogP contribution is -2.31. The van der Waals surface area contributed by atoms with Gasteiger partial charge in [0.15, 0.2) is 0 Å². The first-order chi connectivity index (χ1) is 9.47. The smallest absolute Gasteiger partial charge is 0.328 e. The summed E-state index contributed by atoms with van der Waals surface area (Å²) >= 11 is 0. The van der Waals surface area contributed by atoms with Crippen LogP contribution in [-0.2, 0) is 4.79 Å². The standard InChI is InChI=1S/C16H22N2O2/c1-12-4-6-15(13(10-12)5-7-16(19)20)18-9-8-14(11-18)17(2)3/h4-7,10,14H,8-9,11H2,1-3H3,(H,19,20)/b7-5+. The topological polar surface area (TPSA) is 43.8 Å². The van der Waals surface area contributed by atoms with Crippen molar-refractivity contribution in [2.24, 2.45) is 0 Å². The molecule has 0 aliphatic carbocycles. The molecule has 1 saturated heterocycles. The van der Waals surface area contributed by atoms with Crippen LogP contribution in [0.5, 0.6) is 0 Å². The molecule has 2 rings (SSSR count). The number of hydrogen-bond donors (Lipinski definition) is 1. The Balaban J connectivity index is 2.25. The molecule has 1 aliphatic heterocycles. The molecule has 0 bridgehead atoms. The van der Waals surface area contributed by atoms with Crippen molar-refractivity contribution in [2.75, 3.05) is 32.1 Å². The second kappa shape index (κ2) is 6.09. The molecule has 0 saturated carbocycles. The van der Waals surface area contributed by atoms with Crippen LogP contribution in [0.4, 0.5) is 5.69 Å². The van der Waals surface area contributed by atoms with Crippen molar-refractivity contribution in [2.45, 2.75) is 19.4 Å². The fourth-order valence-corrected chi connectivity index (χ4v) is 2.64. The number of carbonyl (C=O) groups is 1. The molecule has 4 heteroatoms. The van der Waals surface area contributed by atoms with E-state index in [9.17, 15) is 4.79 Å². The third-order valence-corrected chi connectivity index (χ3v) is 3.82. The van der Waals surface area contributed by atoms with Gasteiger partial charge in [-0.15, -0.1) is 0 Å². The normalized spacial score (nSPS) is 19.2. The molecule has 1 atom stereocenters. The van der Waals surface area contributed by atoms with Crippen molar-refractivity contribution >= 4 is 17.7 Å². The molecule has 1 N–H and O–H groups in total. The van der Waals surface area contributed by atoms with E-state index in [-0.39, 0.29) is 0 Å². The third-order valence-electron chi connectivity index (χ3n) is 3.82. The van der Waals surface area contributed by atoms with Gasteiger partial charge in [-0.25, -0.2) is 4.79 Å². The second-order valence-corrected chi connectivity index (χ2v) is 5.59. The minimum Gasteiger partial charge on any atom is -0.478 e. The molecule has 1 heterocycles. The summed E-state index contributed by atoms with van der Waals surface area (Å²) in [6.07, 6.45) is 4.04. The first-order valence-electron chi connectivity index (χ1n) is 6.90. The van der Waals surface area contributed by atoms with E-state index < -0.39 is 5.97 Å². The van der Waals surface area contributed by atoms with Crippen LogP contribution in [-0.4, -0.2) is 49.2 Å². The minimum absolute atomic E-state index is 0.563. The molecule has 108 valence electrons. The Morgan fingerprint density at radius 3 is 2.80 bits per heavy atom. The number of hydrogen-bond acceptors (Lipinski definition) is 3. The molecule has 1 aromatic rings. The molecule has 4 nitrogen and oxygen atoms in total. The van der Waals surface area contributed by atoms with Crippen molar-refractivity contribution in [1.82, 2.24) is 4.90 Å². The van der Waals surface area contributed by atoms with Crippen molar-refractivity contribution in [3.63, 3.8) is 0 Å². The number of benzene rings is 1. The molecule has 0 amide bonds. The van der Waals surface area contributed by atoms with Crippen molar-refractivity contribution in [3.8, 4) is 0 Å². The van der Waals surface area contributed by atoms with Gasteiger partial charge in [-0.3, -0.25) is 0 Å². The van der Waals surface area contributed by atoms with Crippen molar-refractivity contribution in [1.29, 1.82) is 0 Å². The number of likely N-dealkylation sites (N-methyl/N-ethyl adjacent to an activating group) is 1. The van der Waals surface area contributed by atoms with Gasteiger partial charge in [0.25, 0.3) is 0 Å². The van der Waals surface area contributed by atoms with Crippen molar-refractivity contribution in [3.05, 3.63) is 35.4 Å². The molecule has 0 aromatic heterocycles. The average molecular weight is 274 g/mol. The Bertz CT molecular complexity index is 523. The summed E-state index contributed by atoms with van der Waals surface area (Å²) in [4.78, 5) is 15.3. The highest BCUT2D eigenvalue weighted by Crippen LogP contribution is 2.27. The number of rotatable bonds is 4. The van der Waals surface area contributed by atoms with E-state index in [1.807, 2.05) is 13.0 Å². The lowest BCUT2D eigenvalue weighted by atomic mass is 10.1. The first kappa shape index (κ1) is 14.6. The zero-order valence-electron chi connectivity index (χ0n) is 12.3. The summed E-state index contributed by atoms with van der Waals surface area (Å²) in [5, 5.41) is 8.81. The van der Waals surface area contributed by atoms with Gasteiger partial charge in [-0.05, 0) is 51.2 Å². The van der Waals surface area contributed by atoms with Crippen LogP contribution in [0.25, 0.3) is 6.08 Å². The maximum Gasteiger partial charge on any atom is 0.328 e. The highest BCUT2D eigenvalue weighted by atomic mass is 16.4. The van der Waals surface area contributed by atoms with Gasteiger partial charge in [0, 0.05) is 30.9 Å². The average Bonchev–Trinajstić information content (AvgIpc) is 2.86. The zero-order valence-corrected chi connectivity index (χ0v) is 12.3. The van der Waals surface area contributed by atoms with Gasteiger partial charge in [-0.1, -0.05) is 11.6 Å². The monoisotopic (exact) mass is 274 g/mol. The largest absolute Gasteiger partial charge is 0.478 e. The van der Waals surface area contributed by atoms with Gasteiger partial charge in [0.05, 0.1) is 0 Å². The van der Waals surface area contributed by atoms with Crippen LogP contribution in [0.3, 0.4) is 0 Å². The number of aryl methyl sites for hydroxylation is 1. The number of anilines is 1. The molecule has 1 unspecified atom stereocenters. The predicted molar refractivity (Wildman–Crippen MR) is 82.2 cm³/mol. The van der Waals surface area contributed by atoms with Gasteiger partial charge in [0.2, 0.25) is 0 Å². The third kappa shape index (κ3) is 3.39. The van der Waals surface area contributed by atoms with Crippen LogP contribution >= 0.6 is 0 Å². The van der Waals surface area contributed by atoms with E-state index in [0.29, 0.717) is 6.04 Å². The Labute approximate surface area is 120 Å². The molecule has 0 radical (unpaired) electrons. The fraction of sp³-hybridized carbons (Fsp3) is 0.438. The Morgan fingerprint density at radius 2 is 2.20 bits per heavy atom. The van der Waals surface area contributed by atoms with Gasteiger partial charge in [-0.2, -0.15) is 0 Å². The molecular weight excluding hydrogens is 252 g/mol. The van der Waals surface area contributed by atoms with E-state index in [2.05, 4.69) is 36.0 Å². The maximum atomic E-state index is 10.7. The lowest BCUT2D eigenvalue weighted by Gasteiger charge is -2.23. The predicted octanol–water partition coefficient (Wildman–Crippen LogP) is 2.23. The fourth-order valence-electron chi connectivity index (χ4n) is 2.64. The van der Waals surface area contributed by atoms with Gasteiger partial charge >= 0.3 is 5.97 Å². The van der Waals surface area contributed by atoms with E-state index >= 15 is 0 Å². The highest BCUT2D eigenvalue weighted by molar-refractivity contribution is 5.87. The lowest BCUT2D eigenvalue weighted by molar-refractivity contribution is -0.131. The summed E-state index contributed by atoms with van der Waals surface area (Å²) in [7, 11) is 4.21. The van der Waals surface area contributed by atoms with Gasteiger partial charge in [0.1, 0.15) is 0 Å². The van der Waals surface area contributed by atoms with E-state index in [0.717, 1.165) is 36.3 Å². The van der Waals surface area contributed by atoms with Gasteiger partial charge < -0.3 is 14.9 Å². The first-order valence-corrected chi connectivity index (χ1v) is 6.90. The van der Waals surface area contributed by atoms with E-state index in [4.69, 9.17) is 5.11 Å². The zero-order chi connectivity index (χ0) is 14.7. The van der Waals surface area contributed by atoms with Crippen LogP contribution in [0.1, 0.15) is 17.5 Å². The number of aliphatic carboxylic acids is 1. The number of carboxylic acid groups (broad SMARTS) is 1. The van der Waals surface area contributed by atoms with Crippen LogP contribution in [0, 0.1) is 6.92 Å². The molecular formula is C16H22N2O2. The molecule has 20 heavy (non-hydrogen) atoms. The Kier molecular flexibility index (Phi) is 4.45. The molecule has 1 aromatic carbocycles. The van der Waals surface area contributed by atoms with Crippen LogP contribution in [0.2, 0.25) is 0 Å². The number of nitrogens with zero attached hydrogens (tertiary/aromatic N) is 2. The summed E-state index contributed by atoms with van der Waals surface area (Å²) < 4.78 is 0. The van der Waals surface area contributed by atoms with Crippen LogP contribution < -0.4 is 4.90 Å². The summed E-state index contributed by atoms with van der Waals surface area (Å²) in [5.41, 5.74) is 3.24. The molecule has 1 fully saturated rings. The second-order valence-electron chi connectivity index (χ2n) is 5.59. The highest BCUT2D eigenvalue weighted by Gasteiger charge is 2.25. The Morgan fingerprint density at radius 1 is 1.45 bits per heavy atom. The van der Waals surface area contributed by atoms with Crippen LogP contribution in [0.15, 0.2) is 24.3 Å². The summed E-state index contributed by atoms with van der Waals surface area (Å²) in [6, 6.07) is 6.77. The number of carboxylic acids is 1. The molecule has 1 aliphatic rings. The molecule has 0 spiro atoms. The SMILES string of the molecule is Cc1ccc(N2CCC(N(C)C)C2)c(/C=C/C(=O)O)c1. The Hall–Kier alpha value is -1.81. The van der Waals surface area contributed by atoms with E-state index in [1.165, 1.54) is 6.08 Å². The minimum atomic E-state index is -0.912.